The molecule has 0 spiro atoms. The summed E-state index contributed by atoms with van der Waals surface area (Å²) in [6, 6.07) is 16.8. The first-order chi connectivity index (χ1) is 11.2. The molecule has 3 nitrogen and oxygen atoms in total. The lowest BCUT2D eigenvalue weighted by Gasteiger charge is -2.27. The Morgan fingerprint density at radius 2 is 1.52 bits per heavy atom. The van der Waals surface area contributed by atoms with Crippen molar-refractivity contribution in [3.8, 4) is 11.1 Å². The van der Waals surface area contributed by atoms with Gasteiger partial charge in [-0.05, 0) is 41.5 Å². The zero-order valence-electron chi connectivity index (χ0n) is 13.7. The summed E-state index contributed by atoms with van der Waals surface area (Å²) in [5, 5.41) is 28.3. The van der Waals surface area contributed by atoms with Gasteiger partial charge in [0.25, 0.3) is 0 Å². The first-order valence-electron chi connectivity index (χ1n) is 8.18. The molecular weight excluding hydrogens is 288 g/mol. The monoisotopic (exact) mass is 314 g/mol. The van der Waals surface area contributed by atoms with Crippen molar-refractivity contribution in [1.82, 2.24) is 0 Å². The zero-order chi connectivity index (χ0) is 16.7. The van der Waals surface area contributed by atoms with Gasteiger partial charge in [-0.25, -0.2) is 0 Å². The summed E-state index contributed by atoms with van der Waals surface area (Å²) in [5.74, 6) is 0. The summed E-state index contributed by atoms with van der Waals surface area (Å²) in [5.41, 5.74) is 4.11. The van der Waals surface area contributed by atoms with Gasteiger partial charge in [0.15, 0.2) is 0 Å². The fourth-order valence-corrected chi connectivity index (χ4v) is 2.79. The summed E-state index contributed by atoms with van der Waals surface area (Å²) >= 11 is 0. The van der Waals surface area contributed by atoms with Crippen LogP contribution >= 0.6 is 0 Å². The van der Waals surface area contributed by atoms with Crippen LogP contribution < -0.4 is 0 Å². The minimum atomic E-state index is -0.801. The second kappa shape index (κ2) is 8.25. The lowest BCUT2D eigenvalue weighted by Crippen LogP contribution is -2.34. The number of hydrogen-bond acceptors (Lipinski definition) is 3. The van der Waals surface area contributed by atoms with Crippen LogP contribution in [0.25, 0.3) is 11.1 Å². The van der Waals surface area contributed by atoms with Crippen molar-refractivity contribution in [2.45, 2.75) is 26.2 Å². The van der Waals surface area contributed by atoms with E-state index in [0.29, 0.717) is 6.42 Å². The Labute approximate surface area is 138 Å². The molecule has 0 heterocycles. The Bertz CT molecular complexity index is 595. The standard InChI is InChI=1S/C20H26O3/c1-2-17-12-16(10-11-20(13-21,14-22)15-23)8-9-19(17)18-6-4-3-5-7-18/h3-9,12,21-23H,2,10-11,13-15H2,1H3. The number of rotatable bonds is 8. The third-order valence-corrected chi connectivity index (χ3v) is 4.59. The Morgan fingerprint density at radius 3 is 2.09 bits per heavy atom. The molecule has 0 aromatic heterocycles. The molecule has 124 valence electrons. The molecule has 0 radical (unpaired) electrons. The van der Waals surface area contributed by atoms with E-state index < -0.39 is 5.41 Å². The third kappa shape index (κ3) is 4.20. The van der Waals surface area contributed by atoms with Crippen LogP contribution in [-0.2, 0) is 12.8 Å². The SMILES string of the molecule is CCc1cc(CCC(CO)(CO)CO)ccc1-c1ccccc1. The average molecular weight is 314 g/mol. The van der Waals surface area contributed by atoms with E-state index in [4.69, 9.17) is 0 Å². The summed E-state index contributed by atoms with van der Waals surface area (Å²) in [6.45, 7) is 1.53. The van der Waals surface area contributed by atoms with Gasteiger partial charge in [0.1, 0.15) is 0 Å². The van der Waals surface area contributed by atoms with Crippen LogP contribution in [0.2, 0.25) is 0 Å². The van der Waals surface area contributed by atoms with Crippen LogP contribution in [0.1, 0.15) is 24.5 Å². The van der Waals surface area contributed by atoms with Crippen molar-refractivity contribution in [2.75, 3.05) is 19.8 Å². The lowest BCUT2D eigenvalue weighted by molar-refractivity contribution is -0.000267. The first kappa shape index (κ1) is 17.7. The molecule has 0 bridgehead atoms. The van der Waals surface area contributed by atoms with E-state index in [-0.39, 0.29) is 19.8 Å². The largest absolute Gasteiger partial charge is 0.396 e. The van der Waals surface area contributed by atoms with Crippen LogP contribution in [0.3, 0.4) is 0 Å². The summed E-state index contributed by atoms with van der Waals surface area (Å²) in [4.78, 5) is 0. The van der Waals surface area contributed by atoms with Crippen LogP contribution in [0.15, 0.2) is 48.5 Å². The van der Waals surface area contributed by atoms with Crippen LogP contribution in [0, 0.1) is 5.41 Å². The predicted molar refractivity (Wildman–Crippen MR) is 93.3 cm³/mol. The van der Waals surface area contributed by atoms with Gasteiger partial charge in [-0.2, -0.15) is 0 Å². The molecule has 0 aliphatic heterocycles. The van der Waals surface area contributed by atoms with E-state index in [2.05, 4.69) is 37.3 Å². The van der Waals surface area contributed by atoms with Gasteiger partial charge < -0.3 is 15.3 Å². The van der Waals surface area contributed by atoms with Gasteiger partial charge in [0.2, 0.25) is 0 Å². The predicted octanol–water partition coefficient (Wildman–Crippen LogP) is 2.81. The quantitative estimate of drug-likeness (QED) is 0.702. The van der Waals surface area contributed by atoms with Crippen molar-refractivity contribution in [3.05, 3.63) is 59.7 Å². The van der Waals surface area contributed by atoms with Crippen molar-refractivity contribution in [1.29, 1.82) is 0 Å². The van der Waals surface area contributed by atoms with E-state index in [0.717, 1.165) is 12.8 Å². The second-order valence-corrected chi connectivity index (χ2v) is 6.19. The van der Waals surface area contributed by atoms with Gasteiger partial charge >= 0.3 is 0 Å². The fraction of sp³-hybridized carbons (Fsp3) is 0.400. The molecule has 0 saturated carbocycles. The average Bonchev–Trinajstić information content (AvgIpc) is 2.64. The molecule has 2 rings (SSSR count). The summed E-state index contributed by atoms with van der Waals surface area (Å²) in [6.07, 6.45) is 2.23. The fourth-order valence-electron chi connectivity index (χ4n) is 2.79. The lowest BCUT2D eigenvalue weighted by atomic mass is 9.84. The Kier molecular flexibility index (Phi) is 6.34. The summed E-state index contributed by atoms with van der Waals surface area (Å²) < 4.78 is 0. The normalized spacial score (nSPS) is 11.7. The van der Waals surface area contributed by atoms with Gasteiger partial charge in [0.05, 0.1) is 19.8 Å². The van der Waals surface area contributed by atoms with E-state index in [1.165, 1.54) is 22.3 Å². The molecular formula is C20H26O3. The molecule has 0 aliphatic rings. The molecule has 0 unspecified atom stereocenters. The highest BCUT2D eigenvalue weighted by Crippen LogP contribution is 2.28. The molecule has 3 N–H and O–H groups in total. The van der Waals surface area contributed by atoms with Crippen LogP contribution in [0.5, 0.6) is 0 Å². The van der Waals surface area contributed by atoms with E-state index in [1.54, 1.807) is 0 Å². The minimum Gasteiger partial charge on any atom is -0.396 e. The van der Waals surface area contributed by atoms with Crippen LogP contribution in [-0.4, -0.2) is 35.1 Å². The van der Waals surface area contributed by atoms with Crippen molar-refractivity contribution in [2.24, 2.45) is 5.41 Å². The number of aliphatic hydroxyl groups is 3. The van der Waals surface area contributed by atoms with Crippen molar-refractivity contribution >= 4 is 0 Å². The molecule has 23 heavy (non-hydrogen) atoms. The van der Waals surface area contributed by atoms with Crippen LogP contribution in [0.4, 0.5) is 0 Å². The molecule has 0 amide bonds. The highest BCUT2D eigenvalue weighted by molar-refractivity contribution is 5.67. The maximum Gasteiger partial charge on any atom is 0.0531 e. The number of benzene rings is 2. The topological polar surface area (TPSA) is 60.7 Å². The highest BCUT2D eigenvalue weighted by Gasteiger charge is 2.27. The van der Waals surface area contributed by atoms with E-state index in [9.17, 15) is 15.3 Å². The van der Waals surface area contributed by atoms with Crippen molar-refractivity contribution in [3.63, 3.8) is 0 Å². The molecule has 0 fully saturated rings. The molecule has 3 heteroatoms. The van der Waals surface area contributed by atoms with Gasteiger partial charge in [0, 0.05) is 5.41 Å². The number of aliphatic hydroxyl groups excluding tert-OH is 3. The van der Waals surface area contributed by atoms with Gasteiger partial charge in [-0.1, -0.05) is 55.5 Å². The smallest absolute Gasteiger partial charge is 0.0531 e. The van der Waals surface area contributed by atoms with Crippen molar-refractivity contribution < 1.29 is 15.3 Å². The second-order valence-electron chi connectivity index (χ2n) is 6.19. The maximum absolute atomic E-state index is 9.43. The van der Waals surface area contributed by atoms with Gasteiger partial charge in [-0.3, -0.25) is 0 Å². The Hall–Kier alpha value is -1.68. The molecule has 2 aromatic rings. The summed E-state index contributed by atoms with van der Waals surface area (Å²) in [7, 11) is 0. The van der Waals surface area contributed by atoms with E-state index in [1.807, 2.05) is 18.2 Å². The molecule has 2 aromatic carbocycles. The third-order valence-electron chi connectivity index (χ3n) is 4.59. The highest BCUT2D eigenvalue weighted by atomic mass is 16.3. The Morgan fingerprint density at radius 1 is 0.870 bits per heavy atom. The zero-order valence-corrected chi connectivity index (χ0v) is 13.7. The molecule has 0 aliphatic carbocycles. The Balaban J connectivity index is 2.19. The molecule has 0 atom stereocenters. The number of hydrogen-bond donors (Lipinski definition) is 3. The van der Waals surface area contributed by atoms with Gasteiger partial charge in [-0.15, -0.1) is 0 Å². The molecule has 0 saturated heterocycles. The first-order valence-corrected chi connectivity index (χ1v) is 8.18. The van der Waals surface area contributed by atoms with E-state index >= 15 is 0 Å². The maximum atomic E-state index is 9.43. The number of aryl methyl sites for hydroxylation is 2. The minimum absolute atomic E-state index is 0.206.